The van der Waals surface area contributed by atoms with Gasteiger partial charge in [-0.05, 0) is 44.4 Å². The summed E-state index contributed by atoms with van der Waals surface area (Å²) in [5.41, 5.74) is 11.5. The molecule has 0 radical (unpaired) electrons. The topological polar surface area (TPSA) is 32.5 Å². The number of nitrogens with zero attached hydrogens (tertiary/aromatic N) is 2. The maximum Gasteiger partial charge on any atom is 0.0240 e. The van der Waals surface area contributed by atoms with Crippen LogP contribution in [-0.2, 0) is 6.54 Å². The van der Waals surface area contributed by atoms with Crippen LogP contribution >= 0.6 is 0 Å². The second kappa shape index (κ2) is 6.70. The molecule has 0 aliphatic carbocycles. The first-order valence-corrected chi connectivity index (χ1v) is 7.74. The summed E-state index contributed by atoms with van der Waals surface area (Å²) >= 11 is 0. The molecule has 1 aromatic carbocycles. The SMILES string of the molecule is Cc1cc(C)c(CN2CCN(C(C)CN)CC2)c(C)c1. The molecule has 3 nitrogen and oxygen atoms in total. The highest BCUT2D eigenvalue weighted by Gasteiger charge is 2.20. The molecule has 1 aliphatic heterocycles. The van der Waals surface area contributed by atoms with Gasteiger partial charge in [0.1, 0.15) is 0 Å². The molecule has 2 N–H and O–H groups in total. The number of rotatable bonds is 4. The number of hydrogen-bond acceptors (Lipinski definition) is 3. The molecule has 0 spiro atoms. The lowest BCUT2D eigenvalue weighted by Gasteiger charge is -2.38. The smallest absolute Gasteiger partial charge is 0.0240 e. The Morgan fingerprint density at radius 3 is 2.10 bits per heavy atom. The van der Waals surface area contributed by atoms with Crippen molar-refractivity contribution >= 4 is 0 Å². The lowest BCUT2D eigenvalue weighted by Crippen LogP contribution is -2.51. The Hall–Kier alpha value is -0.900. The Morgan fingerprint density at radius 2 is 1.60 bits per heavy atom. The van der Waals surface area contributed by atoms with E-state index >= 15 is 0 Å². The first kappa shape index (κ1) is 15.5. The van der Waals surface area contributed by atoms with Crippen molar-refractivity contribution in [2.24, 2.45) is 5.73 Å². The van der Waals surface area contributed by atoms with Crippen LogP contribution in [0.3, 0.4) is 0 Å². The fourth-order valence-corrected chi connectivity index (χ4v) is 3.19. The van der Waals surface area contributed by atoms with Crippen LogP contribution in [0.5, 0.6) is 0 Å². The van der Waals surface area contributed by atoms with E-state index < -0.39 is 0 Å². The van der Waals surface area contributed by atoms with Crippen molar-refractivity contribution in [1.29, 1.82) is 0 Å². The van der Waals surface area contributed by atoms with Crippen LogP contribution in [0.15, 0.2) is 12.1 Å². The van der Waals surface area contributed by atoms with Gasteiger partial charge in [-0.15, -0.1) is 0 Å². The van der Waals surface area contributed by atoms with Gasteiger partial charge in [0.05, 0.1) is 0 Å². The lowest BCUT2D eigenvalue weighted by atomic mass is 9.99. The zero-order valence-corrected chi connectivity index (χ0v) is 13.4. The third kappa shape index (κ3) is 3.60. The summed E-state index contributed by atoms with van der Waals surface area (Å²) in [6.45, 7) is 15.3. The van der Waals surface area contributed by atoms with E-state index in [9.17, 15) is 0 Å². The van der Waals surface area contributed by atoms with Crippen molar-refractivity contribution in [2.75, 3.05) is 32.7 Å². The second-order valence-electron chi connectivity index (χ2n) is 6.27. The van der Waals surface area contributed by atoms with Gasteiger partial charge in [0.2, 0.25) is 0 Å². The van der Waals surface area contributed by atoms with Crippen molar-refractivity contribution in [3.63, 3.8) is 0 Å². The van der Waals surface area contributed by atoms with Gasteiger partial charge < -0.3 is 5.73 Å². The van der Waals surface area contributed by atoms with Gasteiger partial charge in [-0.2, -0.15) is 0 Å². The first-order valence-electron chi connectivity index (χ1n) is 7.74. The molecule has 1 heterocycles. The average Bonchev–Trinajstić information content (AvgIpc) is 2.42. The summed E-state index contributed by atoms with van der Waals surface area (Å²) in [4.78, 5) is 5.08. The molecule has 1 aliphatic rings. The minimum Gasteiger partial charge on any atom is -0.329 e. The van der Waals surface area contributed by atoms with E-state index in [2.05, 4.69) is 49.6 Å². The third-order valence-electron chi connectivity index (χ3n) is 4.59. The van der Waals surface area contributed by atoms with Crippen molar-refractivity contribution in [1.82, 2.24) is 9.80 Å². The molecule has 3 heteroatoms. The number of piperazine rings is 1. The number of hydrogen-bond donors (Lipinski definition) is 1. The summed E-state index contributed by atoms with van der Waals surface area (Å²) in [6.07, 6.45) is 0. The molecule has 1 unspecified atom stereocenters. The summed E-state index contributed by atoms with van der Waals surface area (Å²) in [5, 5.41) is 0. The molecule has 0 aromatic heterocycles. The molecule has 1 fully saturated rings. The molecule has 1 atom stereocenters. The van der Waals surface area contributed by atoms with Crippen LogP contribution in [0, 0.1) is 20.8 Å². The molecular formula is C17H29N3. The Labute approximate surface area is 123 Å². The zero-order chi connectivity index (χ0) is 14.7. The molecule has 0 bridgehead atoms. The van der Waals surface area contributed by atoms with Crippen LogP contribution in [0.25, 0.3) is 0 Å². The van der Waals surface area contributed by atoms with Gasteiger partial charge in [0.25, 0.3) is 0 Å². The molecule has 1 saturated heterocycles. The van der Waals surface area contributed by atoms with Crippen LogP contribution in [-0.4, -0.2) is 48.6 Å². The Bertz CT molecular complexity index is 425. The molecule has 2 rings (SSSR count). The molecule has 20 heavy (non-hydrogen) atoms. The quantitative estimate of drug-likeness (QED) is 0.913. The molecule has 112 valence electrons. The predicted octanol–water partition coefficient (Wildman–Crippen LogP) is 2.08. The van der Waals surface area contributed by atoms with Gasteiger partial charge >= 0.3 is 0 Å². The lowest BCUT2D eigenvalue weighted by molar-refractivity contribution is 0.100. The van der Waals surface area contributed by atoms with Gasteiger partial charge in [-0.3, -0.25) is 9.80 Å². The van der Waals surface area contributed by atoms with E-state index in [4.69, 9.17) is 5.73 Å². The zero-order valence-electron chi connectivity index (χ0n) is 13.4. The Balaban J connectivity index is 1.96. The minimum absolute atomic E-state index is 0.514. The van der Waals surface area contributed by atoms with Crippen LogP contribution in [0.1, 0.15) is 29.2 Å². The highest BCUT2D eigenvalue weighted by Crippen LogP contribution is 2.19. The van der Waals surface area contributed by atoms with E-state index in [-0.39, 0.29) is 0 Å². The van der Waals surface area contributed by atoms with Crippen molar-refractivity contribution in [3.8, 4) is 0 Å². The van der Waals surface area contributed by atoms with Crippen molar-refractivity contribution < 1.29 is 0 Å². The predicted molar refractivity (Wildman–Crippen MR) is 86.0 cm³/mol. The van der Waals surface area contributed by atoms with E-state index in [0.29, 0.717) is 6.04 Å². The van der Waals surface area contributed by atoms with Crippen LogP contribution in [0.4, 0.5) is 0 Å². The Kier molecular flexibility index (Phi) is 5.19. The summed E-state index contributed by atoms with van der Waals surface area (Å²) in [7, 11) is 0. The van der Waals surface area contributed by atoms with Gasteiger partial charge in [-0.1, -0.05) is 17.7 Å². The first-order chi connectivity index (χ1) is 9.51. The normalized spacial score (nSPS) is 19.2. The summed E-state index contributed by atoms with van der Waals surface area (Å²) in [5.74, 6) is 0. The monoisotopic (exact) mass is 275 g/mol. The van der Waals surface area contributed by atoms with E-state index in [1.807, 2.05) is 0 Å². The third-order valence-corrected chi connectivity index (χ3v) is 4.59. The summed E-state index contributed by atoms with van der Waals surface area (Å²) < 4.78 is 0. The van der Waals surface area contributed by atoms with Crippen LogP contribution in [0.2, 0.25) is 0 Å². The average molecular weight is 275 g/mol. The number of benzene rings is 1. The molecule has 0 amide bonds. The minimum atomic E-state index is 0.514. The van der Waals surface area contributed by atoms with E-state index in [1.165, 1.54) is 22.3 Å². The molecule has 0 saturated carbocycles. The highest BCUT2D eigenvalue weighted by molar-refractivity contribution is 5.37. The largest absolute Gasteiger partial charge is 0.329 e. The van der Waals surface area contributed by atoms with Gasteiger partial charge in [0.15, 0.2) is 0 Å². The van der Waals surface area contributed by atoms with E-state index in [0.717, 1.165) is 39.3 Å². The fourth-order valence-electron chi connectivity index (χ4n) is 3.19. The molecule has 1 aromatic rings. The maximum atomic E-state index is 5.76. The molecular weight excluding hydrogens is 246 g/mol. The van der Waals surface area contributed by atoms with Crippen molar-refractivity contribution in [3.05, 3.63) is 34.4 Å². The highest BCUT2D eigenvalue weighted by atomic mass is 15.3. The summed E-state index contributed by atoms with van der Waals surface area (Å²) in [6, 6.07) is 5.12. The second-order valence-corrected chi connectivity index (χ2v) is 6.27. The standard InChI is InChI=1S/C17H29N3/c1-13-9-14(2)17(15(3)10-13)12-19-5-7-20(8-6-19)16(4)11-18/h9-10,16H,5-8,11-12,18H2,1-4H3. The van der Waals surface area contributed by atoms with E-state index in [1.54, 1.807) is 0 Å². The number of aryl methyl sites for hydroxylation is 3. The maximum absolute atomic E-state index is 5.76. The van der Waals surface area contributed by atoms with Crippen molar-refractivity contribution in [2.45, 2.75) is 40.3 Å². The Morgan fingerprint density at radius 1 is 1.05 bits per heavy atom. The van der Waals surface area contributed by atoms with Gasteiger partial charge in [-0.25, -0.2) is 0 Å². The fraction of sp³-hybridized carbons (Fsp3) is 0.647. The van der Waals surface area contributed by atoms with Gasteiger partial charge in [0, 0.05) is 45.3 Å². The van der Waals surface area contributed by atoms with Crippen LogP contribution < -0.4 is 5.73 Å². The number of nitrogens with two attached hydrogens (primary N) is 1.